The number of hydrogen-bond donors (Lipinski definition) is 3. The maximum atomic E-state index is 13.4. The Morgan fingerprint density at radius 1 is 1.02 bits per heavy atom. The number of hydrazine groups is 1. The molecule has 3 N–H and O–H groups in total. The van der Waals surface area contributed by atoms with E-state index in [0.717, 1.165) is 54.3 Å². The Morgan fingerprint density at radius 3 is 2.55 bits per heavy atom. The van der Waals surface area contributed by atoms with E-state index in [1.165, 1.54) is 11.3 Å². The second-order valence-corrected chi connectivity index (χ2v) is 12.8. The van der Waals surface area contributed by atoms with Crippen molar-refractivity contribution >= 4 is 39.3 Å². The number of nitrogens with zero attached hydrogens (tertiary/aromatic N) is 1. The fourth-order valence-corrected chi connectivity index (χ4v) is 6.42. The fraction of sp³-hybridized carbons (Fsp3) is 0.485. The lowest BCUT2D eigenvalue weighted by atomic mass is 10.0. The quantitative estimate of drug-likeness (QED) is 0.192. The first-order chi connectivity index (χ1) is 20.3. The predicted octanol–water partition coefficient (Wildman–Crippen LogP) is 6.27. The van der Waals surface area contributed by atoms with Crippen LogP contribution in [0.3, 0.4) is 0 Å². The molecule has 0 radical (unpaired) electrons. The zero-order valence-electron chi connectivity index (χ0n) is 24.9. The number of carbonyl (C=O) groups is 3. The molecule has 0 bridgehead atoms. The molecule has 226 valence electrons. The smallest absolute Gasteiger partial charge is 0.407 e. The minimum Gasteiger partial charge on any atom is -0.445 e. The van der Waals surface area contributed by atoms with Crippen LogP contribution in [-0.2, 0) is 16.1 Å². The second-order valence-electron chi connectivity index (χ2n) is 11.8. The van der Waals surface area contributed by atoms with E-state index in [2.05, 4.69) is 41.8 Å². The zero-order valence-corrected chi connectivity index (χ0v) is 25.8. The van der Waals surface area contributed by atoms with Crippen LogP contribution >= 0.6 is 11.3 Å². The van der Waals surface area contributed by atoms with Crippen molar-refractivity contribution in [1.29, 1.82) is 0 Å². The van der Waals surface area contributed by atoms with Gasteiger partial charge >= 0.3 is 6.09 Å². The molecule has 9 heteroatoms. The summed E-state index contributed by atoms with van der Waals surface area (Å²) >= 11 is 1.44. The van der Waals surface area contributed by atoms with Crippen molar-refractivity contribution in [1.82, 2.24) is 21.1 Å². The van der Waals surface area contributed by atoms with Gasteiger partial charge in [0.15, 0.2) is 0 Å². The Balaban J connectivity index is 1.20. The molecule has 1 aromatic heterocycles. The molecule has 0 spiro atoms. The molecule has 0 saturated carbocycles. The molecule has 1 fully saturated rings. The number of hydrogen-bond acceptors (Lipinski definition) is 6. The molecule has 2 heterocycles. The number of rotatable bonds is 14. The van der Waals surface area contributed by atoms with Gasteiger partial charge in [0, 0.05) is 23.8 Å². The normalized spacial score (nSPS) is 17.7. The lowest BCUT2D eigenvalue weighted by molar-refractivity contribution is -0.128. The molecule has 2 aromatic carbocycles. The molecule has 1 unspecified atom stereocenters. The van der Waals surface area contributed by atoms with Crippen molar-refractivity contribution in [3.8, 4) is 0 Å². The molecule has 8 nitrogen and oxygen atoms in total. The number of amides is 3. The molecule has 0 aliphatic carbocycles. The summed E-state index contributed by atoms with van der Waals surface area (Å²) in [6.45, 7) is 7.96. The molecule has 1 saturated heterocycles. The van der Waals surface area contributed by atoms with Crippen molar-refractivity contribution in [3.05, 3.63) is 71.1 Å². The monoisotopic (exact) mass is 592 g/mol. The van der Waals surface area contributed by atoms with Crippen molar-refractivity contribution < 1.29 is 19.1 Å². The van der Waals surface area contributed by atoms with Crippen LogP contribution in [0.2, 0.25) is 0 Å². The highest BCUT2D eigenvalue weighted by molar-refractivity contribution is 7.20. The molecule has 1 aliphatic heterocycles. The average molecular weight is 593 g/mol. The highest BCUT2D eigenvalue weighted by atomic mass is 32.1. The molecule has 42 heavy (non-hydrogen) atoms. The number of ether oxygens (including phenoxy) is 1. The predicted molar refractivity (Wildman–Crippen MR) is 168 cm³/mol. The van der Waals surface area contributed by atoms with E-state index < -0.39 is 12.1 Å². The van der Waals surface area contributed by atoms with Crippen molar-refractivity contribution in [3.63, 3.8) is 0 Å². The molecule has 3 amide bonds. The zero-order chi connectivity index (χ0) is 29.9. The minimum absolute atomic E-state index is 0.157. The summed E-state index contributed by atoms with van der Waals surface area (Å²) < 4.78 is 6.32. The third-order valence-corrected chi connectivity index (χ3v) is 8.67. The topological polar surface area (TPSA) is 99.8 Å². The molecule has 1 aliphatic rings. The van der Waals surface area contributed by atoms with Gasteiger partial charge in [-0.15, -0.1) is 11.3 Å². The van der Waals surface area contributed by atoms with Gasteiger partial charge in [-0.05, 0) is 60.6 Å². The Morgan fingerprint density at radius 2 is 1.79 bits per heavy atom. The van der Waals surface area contributed by atoms with Gasteiger partial charge in [0.05, 0.1) is 4.88 Å². The molecule has 3 aromatic rings. The first-order valence-corrected chi connectivity index (χ1v) is 15.9. The summed E-state index contributed by atoms with van der Waals surface area (Å²) in [5.41, 5.74) is 4.11. The Kier molecular flexibility index (Phi) is 11.8. The summed E-state index contributed by atoms with van der Waals surface area (Å²) in [7, 11) is 0. The highest BCUT2D eigenvalue weighted by Gasteiger charge is 2.32. The van der Waals surface area contributed by atoms with Gasteiger partial charge < -0.3 is 15.4 Å². The number of thiophene rings is 1. The van der Waals surface area contributed by atoms with Gasteiger partial charge in [-0.3, -0.25) is 15.0 Å². The van der Waals surface area contributed by atoms with E-state index in [-0.39, 0.29) is 30.4 Å². The van der Waals surface area contributed by atoms with Crippen LogP contribution in [0.4, 0.5) is 4.79 Å². The number of nitrogens with one attached hydrogen (secondary N) is 3. The molecule has 3 atom stereocenters. The number of benzene rings is 2. The van der Waals surface area contributed by atoms with Crippen LogP contribution < -0.4 is 16.1 Å². The van der Waals surface area contributed by atoms with Crippen LogP contribution in [0, 0.1) is 11.8 Å². The highest BCUT2D eigenvalue weighted by Crippen LogP contribution is 2.27. The van der Waals surface area contributed by atoms with E-state index >= 15 is 0 Å². The van der Waals surface area contributed by atoms with Gasteiger partial charge in [0.25, 0.3) is 11.8 Å². The largest absolute Gasteiger partial charge is 0.445 e. The van der Waals surface area contributed by atoms with Crippen molar-refractivity contribution in [2.24, 2.45) is 11.8 Å². The van der Waals surface area contributed by atoms with Gasteiger partial charge in [-0.2, -0.15) is 0 Å². The fourth-order valence-electron chi connectivity index (χ4n) is 5.45. The third kappa shape index (κ3) is 9.56. The van der Waals surface area contributed by atoms with E-state index in [4.69, 9.17) is 4.74 Å². The van der Waals surface area contributed by atoms with Gasteiger partial charge in [0.1, 0.15) is 12.6 Å². The van der Waals surface area contributed by atoms with Gasteiger partial charge in [-0.25, -0.2) is 9.80 Å². The van der Waals surface area contributed by atoms with Gasteiger partial charge in [0.2, 0.25) is 0 Å². The standard InChI is InChI=1S/C33H44N4O4S/c1-23(2)18-28(35-32(39)30-20-26-14-9-10-16-29(26)42-30)31(38)36-37-21-24(3)19-27(37)15-8-5-11-17-34-33(40)41-22-25-12-6-4-7-13-25/h4,6-7,9-10,12-14,16,20,23-24,27-28H,5,8,11,15,17-19,21-22H2,1-3H3,(H,34,40)(H,35,39)(H,36,38)/t24?,27-,28-/m0/s1. The second kappa shape index (κ2) is 15.7. The summed E-state index contributed by atoms with van der Waals surface area (Å²) in [4.78, 5) is 39.1. The third-order valence-electron chi connectivity index (χ3n) is 7.55. The van der Waals surface area contributed by atoms with Crippen LogP contribution in [0.1, 0.15) is 74.5 Å². The Bertz CT molecular complexity index is 1280. The Labute approximate surface area is 253 Å². The van der Waals surface area contributed by atoms with E-state index in [1.807, 2.05) is 60.7 Å². The van der Waals surface area contributed by atoms with E-state index in [0.29, 0.717) is 23.8 Å². The number of carbonyl (C=O) groups excluding carboxylic acids is 3. The van der Waals surface area contributed by atoms with Crippen LogP contribution in [0.25, 0.3) is 10.1 Å². The molecular weight excluding hydrogens is 548 g/mol. The summed E-state index contributed by atoms with van der Waals surface area (Å²) in [5.74, 6) is 0.366. The number of unbranched alkanes of at least 4 members (excludes halogenated alkanes) is 2. The van der Waals surface area contributed by atoms with E-state index in [1.54, 1.807) is 0 Å². The number of alkyl carbamates (subject to hydrolysis) is 1. The average Bonchev–Trinajstić information content (AvgIpc) is 3.56. The van der Waals surface area contributed by atoms with Crippen LogP contribution in [-0.4, -0.2) is 48.1 Å². The minimum atomic E-state index is -0.605. The molecular formula is C33H44N4O4S. The number of fused-ring (bicyclic) bond motifs is 1. The molecule has 4 rings (SSSR count). The lowest BCUT2D eigenvalue weighted by Gasteiger charge is -2.28. The van der Waals surface area contributed by atoms with Crippen molar-refractivity contribution in [2.75, 3.05) is 13.1 Å². The van der Waals surface area contributed by atoms with Crippen LogP contribution in [0.15, 0.2) is 60.7 Å². The van der Waals surface area contributed by atoms with E-state index in [9.17, 15) is 14.4 Å². The van der Waals surface area contributed by atoms with Gasteiger partial charge in [-0.1, -0.05) is 82.1 Å². The summed E-state index contributed by atoms with van der Waals surface area (Å²) in [5, 5.41) is 8.94. The Hall–Kier alpha value is -3.43. The lowest BCUT2D eigenvalue weighted by Crippen LogP contribution is -2.54. The SMILES string of the molecule is CC(C)C[C@H](NC(=O)c1cc2ccccc2s1)C(=O)NN1CC(C)C[C@@H]1CCCCCNC(=O)OCc1ccccc1. The van der Waals surface area contributed by atoms with Crippen molar-refractivity contribution in [2.45, 2.75) is 78.0 Å². The first-order valence-electron chi connectivity index (χ1n) is 15.1. The summed E-state index contributed by atoms with van der Waals surface area (Å²) in [6, 6.07) is 19.1. The first kappa shape index (κ1) is 31.5. The maximum absolute atomic E-state index is 13.4. The summed E-state index contributed by atoms with van der Waals surface area (Å²) in [6.07, 6.45) is 5.01. The maximum Gasteiger partial charge on any atom is 0.407 e. The van der Waals surface area contributed by atoms with Crippen LogP contribution in [0.5, 0.6) is 0 Å².